The van der Waals surface area contributed by atoms with Gasteiger partial charge in [0, 0.05) is 38.1 Å². The molecule has 0 aromatic heterocycles. The van der Waals surface area contributed by atoms with Gasteiger partial charge in [-0.05, 0) is 37.8 Å². The molecule has 1 aliphatic heterocycles. The second kappa shape index (κ2) is 6.61. The van der Waals surface area contributed by atoms with Gasteiger partial charge in [-0.2, -0.15) is 0 Å². The molecule has 0 bridgehead atoms. The Bertz CT molecular complexity index is 480. The molecule has 3 N–H and O–H groups in total. The van der Waals surface area contributed by atoms with Crippen molar-refractivity contribution in [2.45, 2.75) is 19.8 Å². The van der Waals surface area contributed by atoms with Gasteiger partial charge in [0.25, 0.3) is 0 Å². The van der Waals surface area contributed by atoms with Crippen molar-refractivity contribution in [1.29, 1.82) is 0 Å². The standard InChI is InChI=1S/C15H23N3O2/c1-11-3-4-14(13(9-11)15(16)17-19)18-7-5-12(6-8-18)10-20-2/h3-4,9,12,19H,5-8,10H2,1-2H3,(H2,16,17). The summed E-state index contributed by atoms with van der Waals surface area (Å²) in [7, 11) is 1.75. The second-order valence-corrected chi connectivity index (χ2v) is 5.39. The first-order valence-corrected chi connectivity index (χ1v) is 6.98. The van der Waals surface area contributed by atoms with Crippen LogP contribution in [0.25, 0.3) is 0 Å². The van der Waals surface area contributed by atoms with Crippen LogP contribution < -0.4 is 10.6 Å². The van der Waals surface area contributed by atoms with E-state index < -0.39 is 0 Å². The second-order valence-electron chi connectivity index (χ2n) is 5.39. The summed E-state index contributed by atoms with van der Waals surface area (Å²) in [4.78, 5) is 2.30. The predicted octanol–water partition coefficient (Wildman–Crippen LogP) is 1.95. The van der Waals surface area contributed by atoms with Crippen molar-refractivity contribution in [3.05, 3.63) is 29.3 Å². The lowest BCUT2D eigenvalue weighted by Crippen LogP contribution is -2.36. The summed E-state index contributed by atoms with van der Waals surface area (Å²) >= 11 is 0. The van der Waals surface area contributed by atoms with Gasteiger partial charge in [0.15, 0.2) is 5.84 Å². The average molecular weight is 277 g/mol. The Kier molecular flexibility index (Phi) is 4.84. The van der Waals surface area contributed by atoms with Crippen LogP contribution in [-0.4, -0.2) is 37.8 Å². The molecule has 0 atom stereocenters. The van der Waals surface area contributed by atoms with Crippen molar-refractivity contribution in [2.24, 2.45) is 16.8 Å². The van der Waals surface area contributed by atoms with Crippen molar-refractivity contribution in [3.63, 3.8) is 0 Å². The van der Waals surface area contributed by atoms with Crippen molar-refractivity contribution < 1.29 is 9.94 Å². The number of nitrogens with two attached hydrogens (primary N) is 1. The Hall–Kier alpha value is -1.75. The molecule has 0 spiro atoms. The molecule has 1 heterocycles. The molecule has 0 saturated carbocycles. The first-order chi connectivity index (χ1) is 9.65. The normalized spacial score (nSPS) is 17.5. The molecule has 1 saturated heterocycles. The molecule has 0 amide bonds. The van der Waals surface area contributed by atoms with Gasteiger partial charge in [0.05, 0.1) is 0 Å². The molecule has 0 unspecified atom stereocenters. The highest BCUT2D eigenvalue weighted by atomic mass is 16.5. The lowest BCUT2D eigenvalue weighted by Gasteiger charge is -2.34. The molecule has 1 fully saturated rings. The first kappa shape index (κ1) is 14.7. The summed E-state index contributed by atoms with van der Waals surface area (Å²) in [5.74, 6) is 0.803. The van der Waals surface area contributed by atoms with E-state index in [4.69, 9.17) is 15.7 Å². The number of piperidine rings is 1. The van der Waals surface area contributed by atoms with E-state index in [2.05, 4.69) is 22.2 Å². The summed E-state index contributed by atoms with van der Waals surface area (Å²) in [6, 6.07) is 6.08. The maximum Gasteiger partial charge on any atom is 0.172 e. The van der Waals surface area contributed by atoms with Gasteiger partial charge in [-0.15, -0.1) is 0 Å². The number of hydrogen-bond acceptors (Lipinski definition) is 4. The Morgan fingerprint density at radius 1 is 1.45 bits per heavy atom. The smallest absolute Gasteiger partial charge is 0.172 e. The average Bonchev–Trinajstić information content (AvgIpc) is 2.47. The maximum atomic E-state index is 8.94. The fourth-order valence-corrected chi connectivity index (χ4v) is 2.76. The number of amidine groups is 1. The molecule has 0 aliphatic carbocycles. The van der Waals surface area contributed by atoms with Crippen molar-refractivity contribution in [3.8, 4) is 0 Å². The van der Waals surface area contributed by atoms with Crippen LogP contribution >= 0.6 is 0 Å². The fourth-order valence-electron chi connectivity index (χ4n) is 2.76. The zero-order chi connectivity index (χ0) is 14.5. The van der Waals surface area contributed by atoms with Gasteiger partial charge in [-0.3, -0.25) is 0 Å². The monoisotopic (exact) mass is 277 g/mol. The largest absolute Gasteiger partial charge is 0.409 e. The minimum absolute atomic E-state index is 0.169. The summed E-state index contributed by atoms with van der Waals surface area (Å²) in [6.07, 6.45) is 2.22. The number of aryl methyl sites for hydroxylation is 1. The molecule has 1 aromatic carbocycles. The summed E-state index contributed by atoms with van der Waals surface area (Å²) in [6.45, 7) is 4.78. The van der Waals surface area contributed by atoms with Gasteiger partial charge in [0.2, 0.25) is 0 Å². The van der Waals surface area contributed by atoms with Crippen LogP contribution in [0.3, 0.4) is 0 Å². The van der Waals surface area contributed by atoms with Crippen molar-refractivity contribution in [1.82, 2.24) is 0 Å². The van der Waals surface area contributed by atoms with Crippen LogP contribution in [0.1, 0.15) is 24.0 Å². The van der Waals surface area contributed by atoms with Crippen LogP contribution in [0.15, 0.2) is 23.4 Å². The molecule has 0 radical (unpaired) electrons. The third-order valence-electron chi connectivity index (χ3n) is 3.89. The van der Waals surface area contributed by atoms with E-state index in [1.54, 1.807) is 7.11 Å². The number of anilines is 1. The number of hydrogen-bond donors (Lipinski definition) is 2. The van der Waals surface area contributed by atoms with Gasteiger partial charge in [-0.1, -0.05) is 16.8 Å². The molecule has 1 aromatic rings. The highest BCUT2D eigenvalue weighted by molar-refractivity contribution is 6.02. The number of nitrogens with zero attached hydrogens (tertiary/aromatic N) is 2. The highest BCUT2D eigenvalue weighted by Crippen LogP contribution is 2.27. The van der Waals surface area contributed by atoms with E-state index in [0.29, 0.717) is 5.92 Å². The van der Waals surface area contributed by atoms with Crippen LogP contribution in [0.4, 0.5) is 5.69 Å². The minimum Gasteiger partial charge on any atom is -0.409 e. The molecule has 5 nitrogen and oxygen atoms in total. The van der Waals surface area contributed by atoms with E-state index >= 15 is 0 Å². The molecular formula is C15H23N3O2. The Balaban J connectivity index is 2.17. The van der Waals surface area contributed by atoms with Crippen LogP contribution in [0.5, 0.6) is 0 Å². The summed E-state index contributed by atoms with van der Waals surface area (Å²) in [5, 5.41) is 12.1. The van der Waals surface area contributed by atoms with E-state index in [9.17, 15) is 0 Å². The number of oxime groups is 1. The topological polar surface area (TPSA) is 71.1 Å². The third-order valence-corrected chi connectivity index (χ3v) is 3.89. The lowest BCUT2D eigenvalue weighted by molar-refractivity contribution is 0.139. The lowest BCUT2D eigenvalue weighted by atomic mass is 9.96. The van der Waals surface area contributed by atoms with Gasteiger partial charge < -0.3 is 20.6 Å². The Labute approximate surface area is 120 Å². The van der Waals surface area contributed by atoms with Crippen LogP contribution in [0.2, 0.25) is 0 Å². The first-order valence-electron chi connectivity index (χ1n) is 6.98. The quantitative estimate of drug-likeness (QED) is 0.382. The molecule has 5 heteroatoms. The van der Waals surface area contributed by atoms with Gasteiger partial charge in [-0.25, -0.2) is 0 Å². The van der Waals surface area contributed by atoms with Crippen LogP contribution in [-0.2, 0) is 4.74 Å². The van der Waals surface area contributed by atoms with E-state index in [-0.39, 0.29) is 5.84 Å². The molecule has 110 valence electrons. The van der Waals surface area contributed by atoms with E-state index in [1.807, 2.05) is 13.0 Å². The number of methoxy groups -OCH3 is 1. The maximum absolute atomic E-state index is 8.94. The predicted molar refractivity (Wildman–Crippen MR) is 80.5 cm³/mol. The number of rotatable bonds is 4. The SMILES string of the molecule is COCC1CCN(c2ccc(C)cc2/C(N)=N/O)CC1. The van der Waals surface area contributed by atoms with Gasteiger partial charge >= 0.3 is 0 Å². The van der Waals surface area contributed by atoms with E-state index in [1.165, 1.54) is 0 Å². The molecule has 20 heavy (non-hydrogen) atoms. The zero-order valence-corrected chi connectivity index (χ0v) is 12.2. The highest BCUT2D eigenvalue weighted by Gasteiger charge is 2.21. The fraction of sp³-hybridized carbons (Fsp3) is 0.533. The van der Waals surface area contributed by atoms with E-state index in [0.717, 1.165) is 49.4 Å². The Morgan fingerprint density at radius 3 is 2.75 bits per heavy atom. The summed E-state index contributed by atoms with van der Waals surface area (Å²) in [5.41, 5.74) is 8.75. The molecule has 2 rings (SSSR count). The Morgan fingerprint density at radius 2 is 2.15 bits per heavy atom. The molecular weight excluding hydrogens is 254 g/mol. The zero-order valence-electron chi connectivity index (χ0n) is 12.2. The number of ether oxygens (including phenoxy) is 1. The third kappa shape index (κ3) is 3.22. The molecule has 1 aliphatic rings. The number of benzene rings is 1. The van der Waals surface area contributed by atoms with Crippen molar-refractivity contribution >= 4 is 11.5 Å². The van der Waals surface area contributed by atoms with Gasteiger partial charge in [0.1, 0.15) is 0 Å². The summed E-state index contributed by atoms with van der Waals surface area (Å²) < 4.78 is 5.23. The minimum atomic E-state index is 0.169. The van der Waals surface area contributed by atoms with Crippen LogP contribution in [0, 0.1) is 12.8 Å². The van der Waals surface area contributed by atoms with Crippen molar-refractivity contribution in [2.75, 3.05) is 31.7 Å².